The van der Waals surface area contributed by atoms with Gasteiger partial charge in [-0.2, -0.15) is 0 Å². The van der Waals surface area contributed by atoms with Gasteiger partial charge in [0.2, 0.25) is 17.7 Å². The highest BCUT2D eigenvalue weighted by molar-refractivity contribution is 5.89. The van der Waals surface area contributed by atoms with Crippen LogP contribution < -0.4 is 5.32 Å². The van der Waals surface area contributed by atoms with Crippen molar-refractivity contribution in [3.63, 3.8) is 0 Å². The third-order valence-corrected chi connectivity index (χ3v) is 5.11. The lowest BCUT2D eigenvalue weighted by Gasteiger charge is -2.16. The smallest absolute Gasteiger partial charge is 0.225 e. The van der Waals surface area contributed by atoms with Gasteiger partial charge in [-0.25, -0.2) is 4.98 Å². The Morgan fingerprint density at radius 3 is 2.69 bits per heavy atom. The van der Waals surface area contributed by atoms with Gasteiger partial charge in [-0.15, -0.1) is 0 Å². The summed E-state index contributed by atoms with van der Waals surface area (Å²) >= 11 is 0. The molecule has 2 heterocycles. The number of likely N-dealkylation sites (tertiary alicyclic amines) is 1. The molecule has 0 aliphatic carbocycles. The maximum atomic E-state index is 12.5. The Hall–Kier alpha value is -3.41. The van der Waals surface area contributed by atoms with E-state index >= 15 is 0 Å². The molecule has 1 aliphatic heterocycles. The molecule has 29 heavy (non-hydrogen) atoms. The molecule has 2 amide bonds. The zero-order valence-electron chi connectivity index (χ0n) is 16.3. The SMILES string of the molecule is Cc1ccc(CN2CC(C(=O)NCc3ncc(-c4ccccc4)o3)CC2=O)cc1. The normalized spacial score (nSPS) is 16.2. The molecule has 0 spiro atoms. The van der Waals surface area contributed by atoms with E-state index in [9.17, 15) is 9.59 Å². The van der Waals surface area contributed by atoms with Crippen molar-refractivity contribution in [3.05, 3.63) is 77.8 Å². The quantitative estimate of drug-likeness (QED) is 0.702. The van der Waals surface area contributed by atoms with Crippen LogP contribution >= 0.6 is 0 Å². The number of nitrogens with one attached hydrogen (secondary N) is 1. The monoisotopic (exact) mass is 389 g/mol. The molecule has 2 aromatic carbocycles. The second-order valence-corrected chi connectivity index (χ2v) is 7.36. The Morgan fingerprint density at radius 1 is 1.17 bits per heavy atom. The molecule has 4 rings (SSSR count). The van der Waals surface area contributed by atoms with E-state index in [4.69, 9.17) is 4.42 Å². The van der Waals surface area contributed by atoms with Crippen LogP contribution in [0.2, 0.25) is 0 Å². The minimum atomic E-state index is -0.350. The van der Waals surface area contributed by atoms with Crippen molar-refractivity contribution in [1.29, 1.82) is 0 Å². The number of nitrogens with zero attached hydrogens (tertiary/aromatic N) is 2. The van der Waals surface area contributed by atoms with Gasteiger partial charge in [0.05, 0.1) is 18.7 Å². The van der Waals surface area contributed by atoms with Gasteiger partial charge in [-0.05, 0) is 12.5 Å². The van der Waals surface area contributed by atoms with E-state index in [-0.39, 0.29) is 30.7 Å². The summed E-state index contributed by atoms with van der Waals surface area (Å²) in [5.74, 6) is 0.613. The highest BCUT2D eigenvalue weighted by atomic mass is 16.4. The molecule has 1 N–H and O–H groups in total. The molecule has 1 fully saturated rings. The van der Waals surface area contributed by atoms with Crippen LogP contribution in [0.1, 0.15) is 23.4 Å². The van der Waals surface area contributed by atoms with Gasteiger partial charge >= 0.3 is 0 Å². The molecule has 0 radical (unpaired) electrons. The first-order valence-corrected chi connectivity index (χ1v) is 9.69. The van der Waals surface area contributed by atoms with Crippen LogP contribution in [-0.4, -0.2) is 28.2 Å². The summed E-state index contributed by atoms with van der Waals surface area (Å²) in [7, 11) is 0. The standard InChI is InChI=1S/C23H23N3O3/c1-16-7-9-17(10-8-16)14-26-15-19(11-22(26)27)23(28)25-13-21-24-12-20(29-21)18-5-3-2-4-6-18/h2-10,12,19H,11,13-15H2,1H3,(H,25,28). The van der Waals surface area contributed by atoms with E-state index < -0.39 is 0 Å². The molecular weight excluding hydrogens is 366 g/mol. The molecule has 0 bridgehead atoms. The van der Waals surface area contributed by atoms with Crippen LogP contribution in [0.25, 0.3) is 11.3 Å². The van der Waals surface area contributed by atoms with Crippen molar-refractivity contribution in [3.8, 4) is 11.3 Å². The lowest BCUT2D eigenvalue weighted by molar-refractivity contribution is -0.129. The maximum Gasteiger partial charge on any atom is 0.225 e. The number of carbonyl (C=O) groups is 2. The third kappa shape index (κ3) is 4.54. The van der Waals surface area contributed by atoms with Crippen molar-refractivity contribution in [2.45, 2.75) is 26.4 Å². The molecule has 6 heteroatoms. The third-order valence-electron chi connectivity index (χ3n) is 5.11. The minimum Gasteiger partial charge on any atom is -0.439 e. The van der Waals surface area contributed by atoms with Crippen LogP contribution in [0.15, 0.2) is 65.2 Å². The first-order chi connectivity index (χ1) is 14.1. The largest absolute Gasteiger partial charge is 0.439 e. The topological polar surface area (TPSA) is 75.4 Å². The first-order valence-electron chi connectivity index (χ1n) is 9.69. The molecule has 1 unspecified atom stereocenters. The molecule has 6 nitrogen and oxygen atoms in total. The van der Waals surface area contributed by atoms with E-state index in [1.807, 2.05) is 61.5 Å². The number of aromatic nitrogens is 1. The van der Waals surface area contributed by atoms with Crippen LogP contribution in [0.5, 0.6) is 0 Å². The van der Waals surface area contributed by atoms with Gasteiger partial charge in [-0.3, -0.25) is 9.59 Å². The van der Waals surface area contributed by atoms with Crippen molar-refractivity contribution in [2.75, 3.05) is 6.54 Å². The Morgan fingerprint density at radius 2 is 1.93 bits per heavy atom. The number of benzene rings is 2. The van der Waals surface area contributed by atoms with Crippen molar-refractivity contribution < 1.29 is 14.0 Å². The molecule has 148 valence electrons. The van der Waals surface area contributed by atoms with Gasteiger partial charge in [0, 0.05) is 25.1 Å². The zero-order chi connectivity index (χ0) is 20.2. The van der Waals surface area contributed by atoms with Gasteiger partial charge in [-0.1, -0.05) is 60.2 Å². The van der Waals surface area contributed by atoms with Crippen LogP contribution in [0.4, 0.5) is 0 Å². The maximum absolute atomic E-state index is 12.5. The summed E-state index contributed by atoms with van der Waals surface area (Å²) in [6.45, 7) is 3.19. The van der Waals surface area contributed by atoms with E-state index in [1.54, 1.807) is 11.1 Å². The van der Waals surface area contributed by atoms with Crippen LogP contribution in [-0.2, 0) is 22.7 Å². The van der Waals surface area contributed by atoms with E-state index in [0.29, 0.717) is 24.7 Å². The van der Waals surface area contributed by atoms with E-state index in [1.165, 1.54) is 5.56 Å². The number of carbonyl (C=O) groups excluding carboxylic acids is 2. The number of rotatable bonds is 6. The summed E-state index contributed by atoms with van der Waals surface area (Å²) < 4.78 is 5.71. The number of hydrogen-bond donors (Lipinski definition) is 1. The Bertz CT molecular complexity index is 996. The Balaban J connectivity index is 1.31. The summed E-state index contributed by atoms with van der Waals surface area (Å²) in [6.07, 6.45) is 1.89. The minimum absolute atomic E-state index is 0.00760. The number of hydrogen-bond acceptors (Lipinski definition) is 4. The van der Waals surface area contributed by atoms with Crippen molar-refractivity contribution in [2.24, 2.45) is 5.92 Å². The molecular formula is C23H23N3O3. The highest BCUT2D eigenvalue weighted by Crippen LogP contribution is 2.22. The molecule has 1 aromatic heterocycles. The lowest BCUT2D eigenvalue weighted by Crippen LogP contribution is -2.32. The van der Waals surface area contributed by atoms with Crippen molar-refractivity contribution >= 4 is 11.8 Å². The average molecular weight is 389 g/mol. The fraction of sp³-hybridized carbons (Fsp3) is 0.261. The highest BCUT2D eigenvalue weighted by Gasteiger charge is 2.34. The number of amides is 2. The molecule has 0 saturated carbocycles. The lowest BCUT2D eigenvalue weighted by atomic mass is 10.1. The summed E-state index contributed by atoms with van der Waals surface area (Å²) in [6, 6.07) is 17.8. The van der Waals surface area contributed by atoms with E-state index in [0.717, 1.165) is 11.1 Å². The first kappa shape index (κ1) is 18.9. The predicted molar refractivity (Wildman–Crippen MR) is 108 cm³/mol. The average Bonchev–Trinajstić information content (AvgIpc) is 3.36. The van der Waals surface area contributed by atoms with Gasteiger partial charge in [0.1, 0.15) is 0 Å². The van der Waals surface area contributed by atoms with Gasteiger partial charge in [0.25, 0.3) is 0 Å². The predicted octanol–water partition coefficient (Wildman–Crippen LogP) is 3.31. The number of aryl methyl sites for hydroxylation is 1. The fourth-order valence-electron chi connectivity index (χ4n) is 3.45. The molecule has 3 aromatic rings. The summed E-state index contributed by atoms with van der Waals surface area (Å²) in [5.41, 5.74) is 3.18. The molecule has 1 atom stereocenters. The van der Waals surface area contributed by atoms with Crippen LogP contribution in [0.3, 0.4) is 0 Å². The van der Waals surface area contributed by atoms with Gasteiger partial charge < -0.3 is 14.6 Å². The Labute approximate surface area is 169 Å². The second kappa shape index (κ2) is 8.31. The summed E-state index contributed by atoms with van der Waals surface area (Å²) in [4.78, 5) is 30.8. The van der Waals surface area contributed by atoms with E-state index in [2.05, 4.69) is 10.3 Å². The van der Waals surface area contributed by atoms with Gasteiger partial charge in [0.15, 0.2) is 5.76 Å². The second-order valence-electron chi connectivity index (χ2n) is 7.36. The fourth-order valence-corrected chi connectivity index (χ4v) is 3.45. The van der Waals surface area contributed by atoms with Crippen LogP contribution in [0, 0.1) is 12.8 Å². The number of oxazole rings is 1. The molecule has 1 aliphatic rings. The Kier molecular flexibility index (Phi) is 5.42. The molecule has 1 saturated heterocycles. The zero-order valence-corrected chi connectivity index (χ0v) is 16.3. The van der Waals surface area contributed by atoms with Crippen molar-refractivity contribution in [1.82, 2.24) is 15.2 Å². The summed E-state index contributed by atoms with van der Waals surface area (Å²) in [5, 5.41) is 2.84.